The fourth-order valence-electron chi connectivity index (χ4n) is 0.439. The second kappa shape index (κ2) is 8.85. The molecule has 0 spiro atoms. The Hall–Kier alpha value is 0.270. The van der Waals surface area contributed by atoms with Crippen molar-refractivity contribution in [2.75, 3.05) is 0 Å². The molecule has 0 aromatic heterocycles. The van der Waals surface area contributed by atoms with Crippen LogP contribution in [0.3, 0.4) is 0 Å². The SMILES string of the molecule is CC(=O)O.Clc1ccccc1Cl.[H-].[Na+]. The van der Waals surface area contributed by atoms with Gasteiger partial charge in [-0.15, -0.1) is 0 Å². The molecule has 0 amide bonds. The molecule has 1 aromatic carbocycles. The van der Waals surface area contributed by atoms with Crippen LogP contribution in [0.25, 0.3) is 0 Å². The zero-order chi connectivity index (χ0) is 9.56. The van der Waals surface area contributed by atoms with Gasteiger partial charge in [0.25, 0.3) is 5.97 Å². The Kier molecular flexibility index (Phi) is 10.7. The average Bonchev–Trinajstić information content (AvgIpc) is 1.94. The van der Waals surface area contributed by atoms with E-state index in [4.69, 9.17) is 33.1 Å². The predicted molar refractivity (Wildman–Crippen MR) is 50.9 cm³/mol. The summed E-state index contributed by atoms with van der Waals surface area (Å²) in [5.41, 5.74) is 0. The summed E-state index contributed by atoms with van der Waals surface area (Å²) in [7, 11) is 0. The van der Waals surface area contributed by atoms with Gasteiger partial charge in [-0.05, 0) is 12.1 Å². The molecule has 2 nitrogen and oxygen atoms in total. The number of carbonyl (C=O) groups is 1. The topological polar surface area (TPSA) is 37.3 Å². The van der Waals surface area contributed by atoms with E-state index in [9.17, 15) is 0 Å². The molecule has 0 aliphatic rings. The van der Waals surface area contributed by atoms with Gasteiger partial charge in [0.2, 0.25) is 0 Å². The van der Waals surface area contributed by atoms with Crippen molar-refractivity contribution in [3.8, 4) is 0 Å². The summed E-state index contributed by atoms with van der Waals surface area (Å²) in [5, 5.41) is 8.63. The molecule has 5 heteroatoms. The predicted octanol–water partition coefficient (Wildman–Crippen LogP) is 0.201. The van der Waals surface area contributed by atoms with Crippen LogP contribution in [-0.4, -0.2) is 11.1 Å². The Morgan fingerprint density at radius 1 is 1.31 bits per heavy atom. The van der Waals surface area contributed by atoms with Crippen LogP contribution in [0, 0.1) is 0 Å². The number of carboxylic acids is 1. The Morgan fingerprint density at radius 3 is 1.69 bits per heavy atom. The van der Waals surface area contributed by atoms with E-state index in [1.807, 2.05) is 12.1 Å². The van der Waals surface area contributed by atoms with E-state index >= 15 is 0 Å². The maximum Gasteiger partial charge on any atom is 1.00 e. The summed E-state index contributed by atoms with van der Waals surface area (Å²) >= 11 is 11.2. The Balaban J connectivity index is -0.000000180. The largest absolute Gasteiger partial charge is 1.00 e. The average molecular weight is 231 g/mol. The van der Waals surface area contributed by atoms with E-state index in [1.165, 1.54) is 0 Å². The first kappa shape index (κ1) is 15.7. The standard InChI is InChI=1S/C6H4Cl2.C2H4O2.Na.H/c7-5-3-1-2-4-6(5)8;1-2(3)4;;/h1-4H;1H3,(H,3,4);;/q;;+1;-1. The van der Waals surface area contributed by atoms with Crippen LogP contribution in [0.15, 0.2) is 24.3 Å². The molecule has 0 fully saturated rings. The van der Waals surface area contributed by atoms with E-state index in [-0.39, 0.29) is 31.0 Å². The van der Waals surface area contributed by atoms with Gasteiger partial charge in [0.15, 0.2) is 0 Å². The Bertz CT molecular complexity index is 246. The normalized spacial score (nSPS) is 7.62. The molecule has 0 aliphatic carbocycles. The summed E-state index contributed by atoms with van der Waals surface area (Å²) in [6.45, 7) is 1.08. The van der Waals surface area contributed by atoms with Crippen LogP contribution >= 0.6 is 23.2 Å². The molecule has 13 heavy (non-hydrogen) atoms. The van der Waals surface area contributed by atoms with Gasteiger partial charge in [-0.3, -0.25) is 4.79 Å². The van der Waals surface area contributed by atoms with Crippen molar-refractivity contribution in [3.63, 3.8) is 0 Å². The third-order valence-corrected chi connectivity index (χ3v) is 1.58. The van der Waals surface area contributed by atoms with Crippen molar-refractivity contribution >= 4 is 29.2 Å². The summed E-state index contributed by atoms with van der Waals surface area (Å²) in [6, 6.07) is 7.19. The Morgan fingerprint density at radius 2 is 1.54 bits per heavy atom. The molecule has 0 aliphatic heterocycles. The molecule has 0 bridgehead atoms. The van der Waals surface area contributed by atoms with Crippen molar-refractivity contribution in [2.45, 2.75) is 6.92 Å². The van der Waals surface area contributed by atoms with Gasteiger partial charge in [0.05, 0.1) is 10.0 Å². The second-order valence-electron chi connectivity index (χ2n) is 1.93. The molecule has 0 radical (unpaired) electrons. The van der Waals surface area contributed by atoms with Crippen molar-refractivity contribution in [1.82, 2.24) is 0 Å². The van der Waals surface area contributed by atoms with Crippen LogP contribution in [0.5, 0.6) is 0 Å². The molecule has 0 saturated heterocycles. The maximum absolute atomic E-state index is 9.00. The third-order valence-electron chi connectivity index (χ3n) is 0.824. The molecular weight excluding hydrogens is 222 g/mol. The van der Waals surface area contributed by atoms with Gasteiger partial charge in [0, 0.05) is 6.92 Å². The number of rotatable bonds is 0. The Labute approximate surface area is 111 Å². The van der Waals surface area contributed by atoms with Gasteiger partial charge in [0.1, 0.15) is 0 Å². The minimum atomic E-state index is -0.833. The van der Waals surface area contributed by atoms with Crippen LogP contribution < -0.4 is 29.6 Å². The van der Waals surface area contributed by atoms with E-state index in [1.54, 1.807) is 12.1 Å². The van der Waals surface area contributed by atoms with Crippen molar-refractivity contribution in [1.29, 1.82) is 0 Å². The zero-order valence-corrected chi connectivity index (χ0v) is 10.9. The zero-order valence-electron chi connectivity index (χ0n) is 8.42. The number of aliphatic carboxylic acids is 1. The third kappa shape index (κ3) is 10.2. The molecule has 1 N–H and O–H groups in total. The van der Waals surface area contributed by atoms with Crippen LogP contribution in [0.4, 0.5) is 0 Å². The number of halogens is 2. The summed E-state index contributed by atoms with van der Waals surface area (Å²) in [4.78, 5) is 9.00. The molecule has 68 valence electrons. The van der Waals surface area contributed by atoms with Crippen molar-refractivity contribution in [2.24, 2.45) is 0 Å². The van der Waals surface area contributed by atoms with Crippen LogP contribution in [0.1, 0.15) is 8.35 Å². The van der Waals surface area contributed by atoms with E-state index in [0.29, 0.717) is 10.0 Å². The number of benzene rings is 1. The van der Waals surface area contributed by atoms with E-state index in [2.05, 4.69) is 0 Å². The molecule has 1 rings (SSSR count). The van der Waals surface area contributed by atoms with E-state index in [0.717, 1.165) is 6.92 Å². The first-order chi connectivity index (χ1) is 5.54. The molecular formula is C8H9Cl2NaO2. The first-order valence-electron chi connectivity index (χ1n) is 3.13. The summed E-state index contributed by atoms with van der Waals surface area (Å²) in [6.07, 6.45) is 0. The number of hydrogen-bond acceptors (Lipinski definition) is 1. The van der Waals surface area contributed by atoms with E-state index < -0.39 is 5.97 Å². The van der Waals surface area contributed by atoms with Crippen LogP contribution in [0.2, 0.25) is 10.0 Å². The maximum atomic E-state index is 9.00. The minimum absolute atomic E-state index is 0. The second-order valence-corrected chi connectivity index (χ2v) is 2.75. The van der Waals surface area contributed by atoms with Gasteiger partial charge in [-0.25, -0.2) is 0 Å². The summed E-state index contributed by atoms with van der Waals surface area (Å²) < 4.78 is 0. The van der Waals surface area contributed by atoms with Gasteiger partial charge >= 0.3 is 29.6 Å². The molecule has 0 heterocycles. The monoisotopic (exact) mass is 230 g/mol. The number of hydrogen-bond donors (Lipinski definition) is 1. The molecule has 0 atom stereocenters. The van der Waals surface area contributed by atoms with Gasteiger partial charge < -0.3 is 6.53 Å². The first-order valence-corrected chi connectivity index (χ1v) is 3.89. The minimum Gasteiger partial charge on any atom is -1.00 e. The van der Waals surface area contributed by atoms with Gasteiger partial charge in [-0.1, -0.05) is 35.3 Å². The quantitative estimate of drug-likeness (QED) is 0.647. The van der Waals surface area contributed by atoms with Gasteiger partial charge in [-0.2, -0.15) is 0 Å². The molecule has 0 unspecified atom stereocenters. The smallest absolute Gasteiger partial charge is 1.00 e. The molecule has 0 saturated carbocycles. The van der Waals surface area contributed by atoms with Crippen LogP contribution in [-0.2, 0) is 4.79 Å². The number of carboxylic acid groups (broad SMARTS) is 1. The van der Waals surface area contributed by atoms with Crippen molar-refractivity contribution < 1.29 is 40.9 Å². The fourth-order valence-corrected chi connectivity index (χ4v) is 0.711. The van der Waals surface area contributed by atoms with Crippen molar-refractivity contribution in [3.05, 3.63) is 34.3 Å². The fraction of sp³-hybridized carbons (Fsp3) is 0.125. The molecule has 1 aromatic rings. The summed E-state index contributed by atoms with van der Waals surface area (Å²) in [5.74, 6) is -0.833.